The Balaban J connectivity index is 1.72. The van der Waals surface area contributed by atoms with E-state index in [1.165, 1.54) is 0 Å². The van der Waals surface area contributed by atoms with Crippen LogP contribution in [0.5, 0.6) is 0 Å². The summed E-state index contributed by atoms with van der Waals surface area (Å²) in [6.45, 7) is 3.45. The van der Waals surface area contributed by atoms with E-state index in [2.05, 4.69) is 10.6 Å². The summed E-state index contributed by atoms with van der Waals surface area (Å²) in [5.41, 5.74) is 3.20. The fourth-order valence-corrected chi connectivity index (χ4v) is 2.45. The highest BCUT2D eigenvalue weighted by Crippen LogP contribution is 2.09. The first-order valence-corrected chi connectivity index (χ1v) is 8.90. The number of carbonyl (C=O) groups is 2. The molecule has 138 valence electrons. The number of hydrogen-bond acceptors (Lipinski definition) is 3. The molecule has 0 spiro atoms. The van der Waals surface area contributed by atoms with Crippen molar-refractivity contribution in [2.75, 3.05) is 6.54 Å². The highest BCUT2D eigenvalue weighted by atomic mass is 16.5. The summed E-state index contributed by atoms with van der Waals surface area (Å²) in [6, 6.07) is 18.0. The van der Waals surface area contributed by atoms with Crippen molar-refractivity contribution in [3.8, 4) is 0 Å². The van der Waals surface area contributed by atoms with Gasteiger partial charge in [-0.1, -0.05) is 61.5 Å². The second kappa shape index (κ2) is 11.1. The smallest absolute Gasteiger partial charge is 0.239 e. The lowest BCUT2D eigenvalue weighted by atomic mass is 10.1. The van der Waals surface area contributed by atoms with Crippen LogP contribution in [0.15, 0.2) is 54.6 Å². The summed E-state index contributed by atoms with van der Waals surface area (Å²) in [7, 11) is 0. The van der Waals surface area contributed by atoms with Crippen molar-refractivity contribution in [1.29, 1.82) is 0 Å². The lowest BCUT2D eigenvalue weighted by Crippen LogP contribution is -2.36. The summed E-state index contributed by atoms with van der Waals surface area (Å²) >= 11 is 0. The summed E-state index contributed by atoms with van der Waals surface area (Å²) in [5, 5.41) is 5.41. The number of rotatable bonds is 10. The van der Waals surface area contributed by atoms with Gasteiger partial charge < -0.3 is 15.4 Å². The largest absolute Gasteiger partial charge is 0.372 e. The van der Waals surface area contributed by atoms with Crippen molar-refractivity contribution in [3.63, 3.8) is 0 Å². The minimum atomic E-state index is -0.194. The predicted octanol–water partition coefficient (Wildman–Crippen LogP) is 2.94. The molecule has 2 N–H and O–H groups in total. The number of carbonyl (C=O) groups excluding carboxylic acids is 2. The van der Waals surface area contributed by atoms with Crippen LogP contribution in [0.2, 0.25) is 0 Å². The molecule has 0 radical (unpaired) electrons. The van der Waals surface area contributed by atoms with Gasteiger partial charge in [-0.2, -0.15) is 0 Å². The Bertz CT molecular complexity index is 701. The van der Waals surface area contributed by atoms with Gasteiger partial charge in [0, 0.05) is 13.0 Å². The van der Waals surface area contributed by atoms with Crippen molar-refractivity contribution in [3.05, 3.63) is 71.3 Å². The van der Waals surface area contributed by atoms with Crippen LogP contribution < -0.4 is 10.6 Å². The summed E-state index contributed by atoms with van der Waals surface area (Å²) in [6.07, 6.45) is 1.21. The van der Waals surface area contributed by atoms with Gasteiger partial charge in [0.05, 0.1) is 19.8 Å². The van der Waals surface area contributed by atoms with Crippen molar-refractivity contribution >= 4 is 11.8 Å². The Morgan fingerprint density at radius 1 is 0.846 bits per heavy atom. The van der Waals surface area contributed by atoms with Crippen molar-refractivity contribution in [2.45, 2.75) is 39.5 Å². The Labute approximate surface area is 154 Å². The first kappa shape index (κ1) is 19.7. The number of benzene rings is 2. The van der Waals surface area contributed by atoms with Crippen LogP contribution in [0.25, 0.3) is 0 Å². The molecule has 0 aliphatic heterocycles. The van der Waals surface area contributed by atoms with Crippen LogP contribution in [0.3, 0.4) is 0 Å². The molecule has 2 amide bonds. The van der Waals surface area contributed by atoms with Crippen LogP contribution in [-0.2, 0) is 34.1 Å². The zero-order valence-electron chi connectivity index (χ0n) is 15.2. The molecule has 0 atom stereocenters. The second-order valence-corrected chi connectivity index (χ2v) is 6.10. The van der Waals surface area contributed by atoms with E-state index in [9.17, 15) is 9.59 Å². The molecule has 0 bridgehead atoms. The average molecular weight is 354 g/mol. The number of ether oxygens (including phenoxy) is 1. The molecular formula is C21H26N2O3. The number of nitrogens with one attached hydrogen (secondary N) is 2. The number of amides is 2. The maximum absolute atomic E-state index is 11.8. The molecule has 0 fully saturated rings. The van der Waals surface area contributed by atoms with E-state index in [0.29, 0.717) is 26.2 Å². The van der Waals surface area contributed by atoms with Gasteiger partial charge in [-0.3, -0.25) is 9.59 Å². The molecule has 0 heterocycles. The third-order valence-electron chi connectivity index (χ3n) is 3.78. The molecule has 0 saturated heterocycles. The van der Waals surface area contributed by atoms with E-state index < -0.39 is 0 Å². The minimum absolute atomic E-state index is 0.0126. The Kier molecular flexibility index (Phi) is 8.36. The van der Waals surface area contributed by atoms with E-state index in [1.54, 1.807) is 0 Å². The molecule has 0 aliphatic rings. The molecule has 5 heteroatoms. The minimum Gasteiger partial charge on any atom is -0.372 e. The zero-order valence-corrected chi connectivity index (χ0v) is 15.2. The molecule has 2 aromatic rings. The van der Waals surface area contributed by atoms with Crippen molar-refractivity contribution in [1.82, 2.24) is 10.6 Å². The third kappa shape index (κ3) is 7.49. The van der Waals surface area contributed by atoms with Crippen LogP contribution in [0.4, 0.5) is 0 Å². The molecule has 2 rings (SSSR count). The van der Waals surface area contributed by atoms with E-state index in [1.807, 2.05) is 61.5 Å². The molecule has 0 aliphatic carbocycles. The van der Waals surface area contributed by atoms with Crippen LogP contribution in [0, 0.1) is 0 Å². The first-order chi connectivity index (χ1) is 12.7. The Hall–Kier alpha value is -2.66. The Morgan fingerprint density at radius 3 is 2.31 bits per heavy atom. The van der Waals surface area contributed by atoms with E-state index in [4.69, 9.17) is 4.74 Å². The van der Waals surface area contributed by atoms with Crippen molar-refractivity contribution < 1.29 is 14.3 Å². The fraction of sp³-hybridized carbons (Fsp3) is 0.333. The maximum atomic E-state index is 11.8. The normalized spacial score (nSPS) is 10.3. The monoisotopic (exact) mass is 354 g/mol. The molecule has 0 saturated carbocycles. The lowest BCUT2D eigenvalue weighted by molar-refractivity contribution is -0.126. The van der Waals surface area contributed by atoms with E-state index >= 15 is 0 Å². The summed E-state index contributed by atoms with van der Waals surface area (Å²) in [5.74, 6) is -0.291. The molecule has 0 unspecified atom stereocenters. The first-order valence-electron chi connectivity index (χ1n) is 8.90. The predicted molar refractivity (Wildman–Crippen MR) is 101 cm³/mol. The van der Waals surface area contributed by atoms with Gasteiger partial charge in [0.25, 0.3) is 0 Å². The van der Waals surface area contributed by atoms with Crippen molar-refractivity contribution in [2.24, 2.45) is 0 Å². The zero-order chi connectivity index (χ0) is 18.6. The molecular weight excluding hydrogens is 328 g/mol. The van der Waals surface area contributed by atoms with Gasteiger partial charge in [-0.05, 0) is 23.1 Å². The van der Waals surface area contributed by atoms with E-state index in [-0.39, 0.29) is 18.4 Å². The molecule has 5 nitrogen and oxygen atoms in total. The highest BCUT2D eigenvalue weighted by molar-refractivity contribution is 5.84. The summed E-state index contributed by atoms with van der Waals surface area (Å²) in [4.78, 5) is 23.2. The highest BCUT2D eigenvalue weighted by Gasteiger charge is 2.05. The average Bonchev–Trinajstić information content (AvgIpc) is 2.66. The van der Waals surface area contributed by atoms with Gasteiger partial charge in [0.15, 0.2) is 0 Å². The van der Waals surface area contributed by atoms with Gasteiger partial charge in [-0.25, -0.2) is 0 Å². The van der Waals surface area contributed by atoms with Crippen LogP contribution >= 0.6 is 0 Å². The van der Waals surface area contributed by atoms with E-state index in [0.717, 1.165) is 23.1 Å². The molecule has 26 heavy (non-hydrogen) atoms. The topological polar surface area (TPSA) is 67.4 Å². The SMILES string of the molecule is CCCC(=O)NCC(=O)NCc1cccc(COCc2ccccc2)c1. The quantitative estimate of drug-likeness (QED) is 0.689. The van der Waals surface area contributed by atoms with Gasteiger partial charge >= 0.3 is 0 Å². The second-order valence-electron chi connectivity index (χ2n) is 6.10. The van der Waals surface area contributed by atoms with Crippen LogP contribution in [0.1, 0.15) is 36.5 Å². The number of hydrogen-bond donors (Lipinski definition) is 2. The van der Waals surface area contributed by atoms with Crippen LogP contribution in [-0.4, -0.2) is 18.4 Å². The maximum Gasteiger partial charge on any atom is 0.239 e. The third-order valence-corrected chi connectivity index (χ3v) is 3.78. The van der Waals surface area contributed by atoms with Gasteiger partial charge in [0.2, 0.25) is 11.8 Å². The standard InChI is InChI=1S/C21H26N2O3/c1-2-7-20(24)23-14-21(25)22-13-18-10-6-11-19(12-18)16-26-15-17-8-4-3-5-9-17/h3-6,8-12H,2,7,13-16H2,1H3,(H,22,25)(H,23,24). The Morgan fingerprint density at radius 2 is 1.54 bits per heavy atom. The molecule has 2 aromatic carbocycles. The van der Waals surface area contributed by atoms with Gasteiger partial charge in [-0.15, -0.1) is 0 Å². The van der Waals surface area contributed by atoms with Gasteiger partial charge in [0.1, 0.15) is 0 Å². The lowest BCUT2D eigenvalue weighted by Gasteiger charge is -2.09. The fourth-order valence-electron chi connectivity index (χ4n) is 2.45. The summed E-state index contributed by atoms with van der Waals surface area (Å²) < 4.78 is 5.74. The molecule has 0 aromatic heterocycles.